The minimum absolute atomic E-state index is 0.192. The first-order valence-electron chi connectivity index (χ1n) is 4.05. The van der Waals surface area contributed by atoms with E-state index in [0.29, 0.717) is 19.5 Å². The minimum Gasteiger partial charge on any atom is -0.465 e. The van der Waals surface area contributed by atoms with Crippen molar-refractivity contribution in [3.05, 3.63) is 0 Å². The number of aliphatic hydroxyl groups is 1. The second kappa shape index (κ2) is 4.27. The summed E-state index contributed by atoms with van der Waals surface area (Å²) in [4.78, 5) is 10.1. The first-order valence-corrected chi connectivity index (χ1v) is 4.05. The van der Waals surface area contributed by atoms with E-state index in [1.807, 2.05) is 0 Å². The second-order valence-electron chi connectivity index (χ2n) is 3.01. The molecular weight excluding hydrogens is 160 g/mol. The van der Waals surface area contributed by atoms with E-state index >= 15 is 0 Å². The number of carboxylic acid groups (broad SMARTS) is 1. The third-order valence-corrected chi connectivity index (χ3v) is 2.10. The largest absolute Gasteiger partial charge is 0.465 e. The van der Waals surface area contributed by atoms with E-state index in [1.54, 1.807) is 0 Å². The molecule has 1 rings (SSSR count). The van der Waals surface area contributed by atoms with Crippen LogP contribution in [0.2, 0.25) is 0 Å². The summed E-state index contributed by atoms with van der Waals surface area (Å²) >= 11 is 0. The van der Waals surface area contributed by atoms with Crippen LogP contribution < -0.4 is 10.6 Å². The van der Waals surface area contributed by atoms with Gasteiger partial charge >= 0.3 is 6.09 Å². The number of hydrogen-bond donors (Lipinski definition) is 4. The van der Waals surface area contributed by atoms with E-state index in [2.05, 4.69) is 10.6 Å². The molecule has 1 saturated heterocycles. The maximum Gasteiger partial charge on any atom is 0.404 e. The Morgan fingerprint density at radius 1 is 1.58 bits per heavy atom. The summed E-state index contributed by atoms with van der Waals surface area (Å²) in [5, 5.41) is 22.9. The molecule has 5 nitrogen and oxygen atoms in total. The monoisotopic (exact) mass is 174 g/mol. The third-order valence-electron chi connectivity index (χ3n) is 2.10. The molecule has 1 amide bonds. The Kier molecular flexibility index (Phi) is 3.31. The molecule has 0 aromatic rings. The van der Waals surface area contributed by atoms with Crippen molar-refractivity contribution in [2.24, 2.45) is 5.92 Å². The molecule has 0 spiro atoms. The molecular formula is C7H14N2O3. The van der Waals surface area contributed by atoms with Gasteiger partial charge in [0.05, 0.1) is 6.10 Å². The maximum atomic E-state index is 10.1. The summed E-state index contributed by atoms with van der Waals surface area (Å²) < 4.78 is 0. The first-order chi connectivity index (χ1) is 5.70. The second-order valence-corrected chi connectivity index (χ2v) is 3.01. The lowest BCUT2D eigenvalue weighted by Crippen LogP contribution is -2.27. The summed E-state index contributed by atoms with van der Waals surface area (Å²) in [5.41, 5.74) is 0. The molecule has 0 radical (unpaired) electrons. The molecule has 2 atom stereocenters. The quantitative estimate of drug-likeness (QED) is 0.452. The SMILES string of the molecule is O=C(O)NCC[C@H]1CNC[C@@H]1O. The minimum atomic E-state index is -1.00. The zero-order chi connectivity index (χ0) is 8.97. The summed E-state index contributed by atoms with van der Waals surface area (Å²) in [6.45, 7) is 1.82. The molecule has 1 fully saturated rings. The molecule has 0 aromatic carbocycles. The van der Waals surface area contributed by atoms with Crippen molar-refractivity contribution < 1.29 is 15.0 Å². The Morgan fingerprint density at radius 3 is 2.83 bits per heavy atom. The Labute approximate surface area is 70.8 Å². The van der Waals surface area contributed by atoms with Crippen molar-refractivity contribution in [1.82, 2.24) is 10.6 Å². The molecule has 5 heteroatoms. The summed E-state index contributed by atoms with van der Waals surface area (Å²) in [6.07, 6.45) is -0.628. The normalized spacial score (nSPS) is 28.8. The lowest BCUT2D eigenvalue weighted by molar-refractivity contribution is 0.141. The number of nitrogens with one attached hydrogen (secondary N) is 2. The summed E-state index contributed by atoms with van der Waals surface area (Å²) in [5.74, 6) is 0.192. The van der Waals surface area contributed by atoms with E-state index in [1.165, 1.54) is 0 Å². The fourth-order valence-corrected chi connectivity index (χ4v) is 1.38. The smallest absolute Gasteiger partial charge is 0.404 e. The van der Waals surface area contributed by atoms with Crippen LogP contribution in [0.5, 0.6) is 0 Å². The molecule has 0 aromatic heterocycles. The molecule has 1 aliphatic heterocycles. The van der Waals surface area contributed by atoms with Crippen LogP contribution in [-0.2, 0) is 0 Å². The van der Waals surface area contributed by atoms with Crippen molar-refractivity contribution >= 4 is 6.09 Å². The van der Waals surface area contributed by atoms with E-state index < -0.39 is 6.09 Å². The van der Waals surface area contributed by atoms with Crippen LogP contribution in [0.25, 0.3) is 0 Å². The average molecular weight is 174 g/mol. The average Bonchev–Trinajstić information content (AvgIpc) is 2.36. The van der Waals surface area contributed by atoms with Crippen LogP contribution in [-0.4, -0.2) is 42.0 Å². The van der Waals surface area contributed by atoms with E-state index in [-0.39, 0.29) is 12.0 Å². The highest BCUT2D eigenvalue weighted by Crippen LogP contribution is 2.11. The van der Waals surface area contributed by atoms with Crippen LogP contribution in [0.4, 0.5) is 4.79 Å². The topological polar surface area (TPSA) is 81.6 Å². The summed E-state index contributed by atoms with van der Waals surface area (Å²) in [7, 11) is 0. The number of aliphatic hydroxyl groups excluding tert-OH is 1. The molecule has 0 saturated carbocycles. The van der Waals surface area contributed by atoms with Gasteiger partial charge in [-0.05, 0) is 6.42 Å². The predicted molar refractivity (Wildman–Crippen MR) is 43.0 cm³/mol. The van der Waals surface area contributed by atoms with E-state index in [4.69, 9.17) is 5.11 Å². The third kappa shape index (κ3) is 2.67. The highest BCUT2D eigenvalue weighted by Gasteiger charge is 2.24. The molecule has 70 valence electrons. The van der Waals surface area contributed by atoms with Crippen LogP contribution in [0, 0.1) is 5.92 Å². The molecule has 0 bridgehead atoms. The van der Waals surface area contributed by atoms with E-state index in [0.717, 1.165) is 6.54 Å². The Hall–Kier alpha value is -0.810. The van der Waals surface area contributed by atoms with Gasteiger partial charge in [0.2, 0.25) is 0 Å². The zero-order valence-electron chi connectivity index (χ0n) is 6.79. The first kappa shape index (κ1) is 9.28. The highest BCUT2D eigenvalue weighted by molar-refractivity contribution is 5.64. The molecule has 1 aliphatic rings. The van der Waals surface area contributed by atoms with Gasteiger partial charge in [0.1, 0.15) is 0 Å². The van der Waals surface area contributed by atoms with Gasteiger partial charge in [-0.1, -0.05) is 0 Å². The van der Waals surface area contributed by atoms with Gasteiger partial charge in [0.25, 0.3) is 0 Å². The van der Waals surface area contributed by atoms with Gasteiger partial charge < -0.3 is 20.8 Å². The number of β-amino-alcohol motifs (C(OH)–C–C–N with tert-alkyl or cyclic N) is 1. The van der Waals surface area contributed by atoms with Crippen LogP contribution in [0.1, 0.15) is 6.42 Å². The van der Waals surface area contributed by atoms with Crippen molar-refractivity contribution in [3.8, 4) is 0 Å². The Bertz CT molecular complexity index is 163. The van der Waals surface area contributed by atoms with Crippen LogP contribution >= 0.6 is 0 Å². The fourth-order valence-electron chi connectivity index (χ4n) is 1.38. The van der Waals surface area contributed by atoms with Crippen molar-refractivity contribution in [3.63, 3.8) is 0 Å². The van der Waals surface area contributed by atoms with Gasteiger partial charge in [0.15, 0.2) is 0 Å². The molecule has 12 heavy (non-hydrogen) atoms. The van der Waals surface area contributed by atoms with Gasteiger partial charge in [-0.3, -0.25) is 0 Å². The Balaban J connectivity index is 2.10. The molecule has 4 N–H and O–H groups in total. The maximum absolute atomic E-state index is 10.1. The standard InChI is InChI=1S/C7H14N2O3/c10-6-4-8-3-5(6)1-2-9-7(11)12/h5-6,8-10H,1-4H2,(H,11,12)/t5-,6-/m0/s1. The number of rotatable bonds is 3. The zero-order valence-corrected chi connectivity index (χ0v) is 6.79. The van der Waals surface area contributed by atoms with Crippen LogP contribution in [0.3, 0.4) is 0 Å². The van der Waals surface area contributed by atoms with Gasteiger partial charge in [0, 0.05) is 25.6 Å². The number of amides is 1. The van der Waals surface area contributed by atoms with Gasteiger partial charge in [-0.15, -0.1) is 0 Å². The lowest BCUT2D eigenvalue weighted by Gasteiger charge is -2.12. The Morgan fingerprint density at radius 2 is 2.33 bits per heavy atom. The van der Waals surface area contributed by atoms with Gasteiger partial charge in [-0.25, -0.2) is 4.79 Å². The van der Waals surface area contributed by atoms with Crippen molar-refractivity contribution in [2.45, 2.75) is 12.5 Å². The fraction of sp³-hybridized carbons (Fsp3) is 0.857. The van der Waals surface area contributed by atoms with E-state index in [9.17, 15) is 9.90 Å². The molecule has 0 unspecified atom stereocenters. The number of hydrogen-bond acceptors (Lipinski definition) is 3. The predicted octanol–water partition coefficient (Wildman–Crippen LogP) is -0.776. The molecule has 0 aliphatic carbocycles. The van der Waals surface area contributed by atoms with Crippen molar-refractivity contribution in [1.29, 1.82) is 0 Å². The van der Waals surface area contributed by atoms with Crippen LogP contribution in [0.15, 0.2) is 0 Å². The summed E-state index contributed by atoms with van der Waals surface area (Å²) in [6, 6.07) is 0. The van der Waals surface area contributed by atoms with Crippen molar-refractivity contribution in [2.75, 3.05) is 19.6 Å². The lowest BCUT2D eigenvalue weighted by atomic mass is 10.0. The molecule has 1 heterocycles. The van der Waals surface area contributed by atoms with Gasteiger partial charge in [-0.2, -0.15) is 0 Å². The number of carbonyl (C=O) groups is 1. The highest BCUT2D eigenvalue weighted by atomic mass is 16.4.